The molecule has 4 fully saturated rings. The molecule has 2 saturated carbocycles. The number of carboxylic acid groups (broad SMARTS) is 1. The summed E-state index contributed by atoms with van der Waals surface area (Å²) in [6.07, 6.45) is 13.9. The fourth-order valence-electron chi connectivity index (χ4n) is 9.01. The van der Waals surface area contributed by atoms with Gasteiger partial charge in [0, 0.05) is 30.6 Å². The maximum Gasteiger partial charge on any atom is 0.303 e. The minimum atomic E-state index is -0.937. The van der Waals surface area contributed by atoms with Crippen molar-refractivity contribution in [2.45, 2.75) is 121 Å². The van der Waals surface area contributed by atoms with Crippen LogP contribution in [-0.4, -0.2) is 56.0 Å². The molecule has 7 atom stereocenters. The molecule has 6 rings (SSSR count). The van der Waals surface area contributed by atoms with Gasteiger partial charge in [-0.1, -0.05) is 37.1 Å². The maximum atomic E-state index is 14.2. The van der Waals surface area contributed by atoms with E-state index < -0.39 is 5.97 Å². The molecule has 0 radical (unpaired) electrons. The van der Waals surface area contributed by atoms with Crippen molar-refractivity contribution in [3.05, 3.63) is 40.3 Å². The molecular formula is C33H46N4O4. The number of oxime groups is 1. The summed E-state index contributed by atoms with van der Waals surface area (Å²) in [4.78, 5) is 38.6. The third-order valence-corrected chi connectivity index (χ3v) is 10.5. The van der Waals surface area contributed by atoms with Gasteiger partial charge in [0.15, 0.2) is 5.69 Å². The number of para-hydroxylation sites is 2. The number of hydrogen-bond acceptors (Lipinski definition) is 6. The van der Waals surface area contributed by atoms with Crippen LogP contribution in [0.15, 0.2) is 34.2 Å². The standard InChI is InChI=1S/C33H46N4O4/c1-3-21-14-22-16-23(15-21)18-26(17-22)36-24-8-7-9-25(36)20-27(19-24)37-30-11-6-5-10-28(30)34-32(33(37)40)29(35-41-4-2)12-13-31(38)39/h5-6,10-11,21-27H,3-4,7-9,12-20H2,1-2H3,(H,38,39)/b35-29+/t21-,22-,23+,24-,25+,26?,27+. The van der Waals surface area contributed by atoms with Crippen LogP contribution < -0.4 is 5.56 Å². The first kappa shape index (κ1) is 28.4. The predicted molar refractivity (Wildman–Crippen MR) is 160 cm³/mol. The first-order valence-corrected chi connectivity index (χ1v) is 16.1. The van der Waals surface area contributed by atoms with Crippen LogP contribution in [0.5, 0.6) is 0 Å². The Kier molecular flexibility index (Phi) is 8.47. The van der Waals surface area contributed by atoms with Gasteiger partial charge < -0.3 is 14.5 Å². The summed E-state index contributed by atoms with van der Waals surface area (Å²) in [5, 5.41) is 13.5. The van der Waals surface area contributed by atoms with Crippen LogP contribution in [0.25, 0.3) is 11.0 Å². The Morgan fingerprint density at radius 1 is 0.951 bits per heavy atom. The van der Waals surface area contributed by atoms with Gasteiger partial charge in [-0.25, -0.2) is 4.98 Å². The summed E-state index contributed by atoms with van der Waals surface area (Å²) >= 11 is 0. The first-order chi connectivity index (χ1) is 19.9. The van der Waals surface area contributed by atoms with E-state index in [4.69, 9.17) is 9.82 Å². The number of aromatic nitrogens is 2. The molecule has 4 bridgehead atoms. The van der Waals surface area contributed by atoms with Crippen LogP contribution in [0.2, 0.25) is 0 Å². The highest BCUT2D eigenvalue weighted by molar-refractivity contribution is 6.00. The van der Waals surface area contributed by atoms with Gasteiger partial charge in [0.2, 0.25) is 0 Å². The molecule has 2 aliphatic carbocycles. The molecule has 0 spiro atoms. The monoisotopic (exact) mass is 562 g/mol. The lowest BCUT2D eigenvalue weighted by Crippen LogP contribution is -2.59. The van der Waals surface area contributed by atoms with Crippen molar-refractivity contribution in [1.82, 2.24) is 14.5 Å². The third kappa shape index (κ3) is 5.81. The van der Waals surface area contributed by atoms with Gasteiger partial charge in [0.05, 0.1) is 17.5 Å². The van der Waals surface area contributed by atoms with E-state index >= 15 is 0 Å². The van der Waals surface area contributed by atoms with E-state index in [1.54, 1.807) is 0 Å². The second kappa shape index (κ2) is 12.2. The fraction of sp³-hybridized carbons (Fsp3) is 0.697. The molecule has 2 saturated heterocycles. The summed E-state index contributed by atoms with van der Waals surface area (Å²) in [5.74, 6) is 1.77. The molecule has 1 N–H and O–H groups in total. The van der Waals surface area contributed by atoms with E-state index in [1.807, 2.05) is 35.8 Å². The number of aliphatic carboxylic acids is 1. The molecule has 1 aromatic heterocycles. The molecule has 222 valence electrons. The fourth-order valence-corrected chi connectivity index (χ4v) is 9.01. The average Bonchev–Trinajstić information content (AvgIpc) is 2.96. The maximum absolute atomic E-state index is 14.2. The first-order valence-electron chi connectivity index (χ1n) is 16.1. The van der Waals surface area contributed by atoms with Crippen LogP contribution in [0, 0.1) is 17.8 Å². The Balaban J connectivity index is 1.32. The van der Waals surface area contributed by atoms with E-state index in [9.17, 15) is 14.7 Å². The summed E-state index contributed by atoms with van der Waals surface area (Å²) in [6, 6.07) is 9.62. The van der Waals surface area contributed by atoms with Crippen LogP contribution in [0.3, 0.4) is 0 Å². The van der Waals surface area contributed by atoms with E-state index in [2.05, 4.69) is 17.0 Å². The van der Waals surface area contributed by atoms with Crippen LogP contribution >= 0.6 is 0 Å². The Morgan fingerprint density at radius 2 is 1.66 bits per heavy atom. The van der Waals surface area contributed by atoms with Crippen molar-refractivity contribution in [3.63, 3.8) is 0 Å². The molecule has 8 heteroatoms. The third-order valence-electron chi connectivity index (χ3n) is 10.5. The van der Waals surface area contributed by atoms with E-state index in [0.717, 1.165) is 41.6 Å². The normalized spacial score (nSPS) is 32.1. The van der Waals surface area contributed by atoms with Gasteiger partial charge in [-0.3, -0.25) is 14.5 Å². The van der Waals surface area contributed by atoms with Crippen molar-refractivity contribution >= 4 is 22.7 Å². The minimum Gasteiger partial charge on any atom is -0.481 e. The largest absolute Gasteiger partial charge is 0.481 e. The molecule has 1 aromatic carbocycles. The molecule has 0 amide bonds. The smallest absolute Gasteiger partial charge is 0.303 e. The van der Waals surface area contributed by atoms with Gasteiger partial charge in [0.1, 0.15) is 12.3 Å². The van der Waals surface area contributed by atoms with Crippen molar-refractivity contribution in [2.75, 3.05) is 6.61 Å². The van der Waals surface area contributed by atoms with Crippen LogP contribution in [0.4, 0.5) is 0 Å². The second-order valence-corrected chi connectivity index (χ2v) is 13.1. The van der Waals surface area contributed by atoms with Crippen LogP contribution in [0.1, 0.15) is 109 Å². The summed E-state index contributed by atoms with van der Waals surface area (Å²) < 4.78 is 1.98. The van der Waals surface area contributed by atoms with Crippen molar-refractivity contribution in [2.24, 2.45) is 22.9 Å². The zero-order valence-corrected chi connectivity index (χ0v) is 24.7. The molecular weight excluding hydrogens is 516 g/mol. The topological polar surface area (TPSA) is 97.0 Å². The summed E-state index contributed by atoms with van der Waals surface area (Å²) in [6.45, 7) is 4.52. The number of nitrogens with zero attached hydrogens (tertiary/aromatic N) is 4. The van der Waals surface area contributed by atoms with Gasteiger partial charge >= 0.3 is 5.97 Å². The van der Waals surface area contributed by atoms with E-state index in [-0.39, 0.29) is 30.1 Å². The minimum absolute atomic E-state index is 0.0843. The Labute approximate surface area is 243 Å². The summed E-state index contributed by atoms with van der Waals surface area (Å²) in [7, 11) is 0. The zero-order chi connectivity index (χ0) is 28.5. The highest BCUT2D eigenvalue weighted by atomic mass is 16.6. The number of rotatable bonds is 9. The molecule has 2 aromatic rings. The molecule has 1 unspecified atom stereocenters. The quantitative estimate of drug-likeness (QED) is 0.290. The van der Waals surface area contributed by atoms with Gasteiger partial charge in [-0.05, 0) is 94.6 Å². The Bertz CT molecular complexity index is 1310. The lowest BCUT2D eigenvalue weighted by Gasteiger charge is -2.56. The molecule has 8 nitrogen and oxygen atoms in total. The average molecular weight is 563 g/mol. The lowest BCUT2D eigenvalue weighted by molar-refractivity contribution is -0.136. The molecule has 41 heavy (non-hydrogen) atoms. The second-order valence-electron chi connectivity index (χ2n) is 13.1. The zero-order valence-electron chi connectivity index (χ0n) is 24.7. The van der Waals surface area contributed by atoms with Gasteiger partial charge in [0.25, 0.3) is 5.56 Å². The number of hydrogen-bond donors (Lipinski definition) is 1. The van der Waals surface area contributed by atoms with E-state index in [0.29, 0.717) is 30.4 Å². The van der Waals surface area contributed by atoms with Crippen molar-refractivity contribution in [1.29, 1.82) is 0 Å². The number of carbonyl (C=O) groups is 1. The van der Waals surface area contributed by atoms with Gasteiger partial charge in [-0.2, -0.15) is 0 Å². The van der Waals surface area contributed by atoms with Crippen molar-refractivity contribution in [3.8, 4) is 0 Å². The van der Waals surface area contributed by atoms with Crippen molar-refractivity contribution < 1.29 is 14.7 Å². The van der Waals surface area contributed by atoms with Crippen LogP contribution in [-0.2, 0) is 9.63 Å². The highest BCUT2D eigenvalue weighted by Crippen LogP contribution is 2.49. The summed E-state index contributed by atoms with van der Waals surface area (Å²) in [5.41, 5.74) is 1.94. The highest BCUT2D eigenvalue weighted by Gasteiger charge is 2.46. The lowest BCUT2D eigenvalue weighted by atomic mass is 9.64. The molecule has 2 aliphatic heterocycles. The number of fused-ring (bicyclic) bond motifs is 5. The number of benzene rings is 1. The Hall–Kier alpha value is -2.74. The predicted octanol–water partition coefficient (Wildman–Crippen LogP) is 6.16. The SMILES string of the molecule is CCO/N=C(\CCC(=O)O)c1nc2ccccc2n([C@H]2C[C@H]3CCC[C@@H](C2)N3C2C[C@@H]3C[C@@H](CC)C[C@H](C2)C3)c1=O. The number of piperidine rings is 2. The van der Waals surface area contributed by atoms with Gasteiger partial charge in [-0.15, -0.1) is 0 Å². The Morgan fingerprint density at radius 3 is 2.32 bits per heavy atom. The number of carboxylic acids is 1. The molecule has 4 aliphatic rings. The molecule has 3 heterocycles. The van der Waals surface area contributed by atoms with E-state index in [1.165, 1.54) is 57.8 Å².